The molecule has 10 nitrogen and oxygen atoms in total. The molecule has 43 heavy (non-hydrogen) atoms. The Kier molecular flexibility index (Phi) is 9.73. The van der Waals surface area contributed by atoms with E-state index in [0.29, 0.717) is 60.2 Å². The summed E-state index contributed by atoms with van der Waals surface area (Å²) in [6.07, 6.45) is 1.08. The molecule has 2 N–H and O–H groups in total. The number of fused-ring (bicyclic) bond motifs is 5. The quantitative estimate of drug-likeness (QED) is 0.429. The molecule has 5 rings (SSSR count). The molecular formula is C32H35N3O7S. The van der Waals surface area contributed by atoms with E-state index in [1.54, 1.807) is 29.2 Å². The van der Waals surface area contributed by atoms with Crippen LogP contribution in [0, 0.1) is 0 Å². The largest absolute Gasteiger partial charge is 0.497 e. The molecule has 2 atom stereocenters. The molecule has 226 valence electrons. The number of ketones is 1. The van der Waals surface area contributed by atoms with E-state index < -0.39 is 6.04 Å². The highest BCUT2D eigenvalue weighted by molar-refractivity contribution is 7.12. The monoisotopic (exact) mass is 605 g/mol. The van der Waals surface area contributed by atoms with Gasteiger partial charge in [-0.05, 0) is 66.6 Å². The van der Waals surface area contributed by atoms with Crippen molar-refractivity contribution in [2.24, 2.45) is 0 Å². The fourth-order valence-electron chi connectivity index (χ4n) is 5.18. The number of benzene rings is 2. The fraction of sp³-hybridized carbons (Fsp3) is 0.375. The third-order valence-electron chi connectivity index (χ3n) is 7.45. The number of carbonyl (C=O) groups is 4. The number of nitrogens with one attached hydrogen (secondary N) is 2. The van der Waals surface area contributed by atoms with Crippen LogP contribution < -0.4 is 20.1 Å². The van der Waals surface area contributed by atoms with Crippen molar-refractivity contribution in [3.05, 3.63) is 75.5 Å². The number of hydrogen-bond donors (Lipinski definition) is 2. The zero-order chi connectivity index (χ0) is 30.3. The number of ether oxygens (including phenoxy) is 3. The summed E-state index contributed by atoms with van der Waals surface area (Å²) in [6, 6.07) is 13.8. The van der Waals surface area contributed by atoms with E-state index in [1.807, 2.05) is 29.6 Å². The molecule has 3 amide bonds. The van der Waals surface area contributed by atoms with Crippen molar-refractivity contribution < 1.29 is 33.4 Å². The highest BCUT2D eigenvalue weighted by Gasteiger charge is 2.33. The average Bonchev–Trinajstić information content (AvgIpc) is 3.47. The molecule has 11 heteroatoms. The smallest absolute Gasteiger partial charge is 0.251 e. The third-order valence-corrected chi connectivity index (χ3v) is 8.53. The number of thiophene rings is 1. The summed E-state index contributed by atoms with van der Waals surface area (Å²) in [7, 11) is 1.53. The van der Waals surface area contributed by atoms with Gasteiger partial charge in [-0.25, -0.2) is 0 Å². The standard InChI is InChI=1S/C32H35N3O7S/c1-20(36)29-12-22(19-43-29)13-31(38)35-10-8-28-27(17-35)34-30(37)7-4-9-33-32(39)23-14-25(40-2)16-26(15-23)42-24-6-3-5-21(11-24)18-41-28/h3,5-6,11-12,14-16,19,27-28H,4,7-10,13,17-18H2,1-2H3,(H,33,39)(H,34,37)/t27-,28-/m0/s1. The van der Waals surface area contributed by atoms with Gasteiger partial charge in [-0.15, -0.1) is 11.3 Å². The van der Waals surface area contributed by atoms with Gasteiger partial charge in [0.05, 0.1) is 37.2 Å². The summed E-state index contributed by atoms with van der Waals surface area (Å²) in [6.45, 7) is 2.91. The van der Waals surface area contributed by atoms with Crippen LogP contribution in [0.15, 0.2) is 53.9 Å². The van der Waals surface area contributed by atoms with Crippen molar-refractivity contribution in [3.8, 4) is 17.2 Å². The third kappa shape index (κ3) is 7.99. The van der Waals surface area contributed by atoms with E-state index in [-0.39, 0.29) is 49.1 Å². The van der Waals surface area contributed by atoms with Crippen LogP contribution in [-0.2, 0) is 27.4 Å². The second-order valence-corrected chi connectivity index (χ2v) is 11.6. The number of nitrogens with zero attached hydrogens (tertiary/aromatic N) is 1. The molecule has 3 heterocycles. The average molecular weight is 606 g/mol. The second-order valence-electron chi connectivity index (χ2n) is 10.7. The Bertz CT molecular complexity index is 1500. The number of carbonyl (C=O) groups excluding carboxylic acids is 4. The van der Waals surface area contributed by atoms with Crippen LogP contribution in [0.5, 0.6) is 17.2 Å². The van der Waals surface area contributed by atoms with E-state index in [9.17, 15) is 19.2 Å². The molecule has 1 saturated heterocycles. The Morgan fingerprint density at radius 3 is 2.77 bits per heavy atom. The Hall–Kier alpha value is -4.22. The molecule has 0 aliphatic carbocycles. The van der Waals surface area contributed by atoms with Crippen molar-refractivity contribution in [2.45, 2.75) is 51.4 Å². The number of hydrogen-bond acceptors (Lipinski definition) is 8. The molecule has 0 radical (unpaired) electrons. The molecule has 1 aromatic heterocycles. The molecule has 4 bridgehead atoms. The van der Waals surface area contributed by atoms with E-state index in [1.165, 1.54) is 25.4 Å². The zero-order valence-electron chi connectivity index (χ0n) is 24.2. The number of rotatable bonds is 4. The lowest BCUT2D eigenvalue weighted by atomic mass is 10.0. The molecule has 0 unspecified atom stereocenters. The molecule has 1 fully saturated rings. The Balaban J connectivity index is 1.32. The molecule has 2 aliphatic heterocycles. The summed E-state index contributed by atoms with van der Waals surface area (Å²) in [5.41, 5.74) is 2.07. The van der Waals surface area contributed by atoms with E-state index in [2.05, 4.69) is 10.6 Å². The van der Waals surface area contributed by atoms with Gasteiger partial charge in [0, 0.05) is 37.7 Å². The van der Waals surface area contributed by atoms with Crippen LogP contribution in [0.25, 0.3) is 0 Å². The number of likely N-dealkylation sites (tertiary alicyclic amines) is 1. The molecule has 2 aliphatic rings. The van der Waals surface area contributed by atoms with Gasteiger partial charge in [-0.1, -0.05) is 12.1 Å². The van der Waals surface area contributed by atoms with Crippen molar-refractivity contribution in [1.82, 2.24) is 15.5 Å². The normalized spacial score (nSPS) is 19.5. The highest BCUT2D eigenvalue weighted by atomic mass is 32.1. The summed E-state index contributed by atoms with van der Waals surface area (Å²) >= 11 is 1.34. The topological polar surface area (TPSA) is 123 Å². The fourth-order valence-corrected chi connectivity index (χ4v) is 6.00. The molecular weight excluding hydrogens is 570 g/mol. The maximum absolute atomic E-state index is 13.2. The number of amides is 3. The zero-order valence-corrected chi connectivity index (χ0v) is 25.0. The minimum atomic E-state index is -0.402. The Morgan fingerprint density at radius 2 is 1.98 bits per heavy atom. The van der Waals surface area contributed by atoms with Gasteiger partial charge in [0.2, 0.25) is 11.8 Å². The number of methoxy groups -OCH3 is 1. The van der Waals surface area contributed by atoms with Gasteiger partial charge in [0.1, 0.15) is 17.2 Å². The minimum Gasteiger partial charge on any atom is -0.497 e. The lowest BCUT2D eigenvalue weighted by Crippen LogP contribution is -2.57. The predicted octanol–water partition coefficient (Wildman–Crippen LogP) is 4.12. The van der Waals surface area contributed by atoms with Crippen LogP contribution >= 0.6 is 11.3 Å². The lowest BCUT2D eigenvalue weighted by molar-refractivity contribution is -0.136. The van der Waals surface area contributed by atoms with Crippen molar-refractivity contribution in [2.75, 3.05) is 26.7 Å². The molecule has 3 aromatic rings. The van der Waals surface area contributed by atoms with Crippen LogP contribution in [0.3, 0.4) is 0 Å². The minimum absolute atomic E-state index is 0.0210. The van der Waals surface area contributed by atoms with Crippen LogP contribution in [0.1, 0.15) is 57.3 Å². The first kappa shape index (κ1) is 30.2. The number of piperidine rings is 1. The Morgan fingerprint density at radius 1 is 1.12 bits per heavy atom. The molecule has 0 saturated carbocycles. The Labute approximate surface area is 254 Å². The van der Waals surface area contributed by atoms with Crippen molar-refractivity contribution in [1.29, 1.82) is 0 Å². The first-order chi connectivity index (χ1) is 20.8. The maximum atomic E-state index is 13.2. The van der Waals surface area contributed by atoms with Gasteiger partial charge < -0.3 is 29.7 Å². The summed E-state index contributed by atoms with van der Waals surface area (Å²) in [4.78, 5) is 53.1. The molecule has 2 aromatic carbocycles. The van der Waals surface area contributed by atoms with Gasteiger partial charge >= 0.3 is 0 Å². The van der Waals surface area contributed by atoms with E-state index >= 15 is 0 Å². The predicted molar refractivity (Wildman–Crippen MR) is 161 cm³/mol. The van der Waals surface area contributed by atoms with Gasteiger partial charge in [-0.3, -0.25) is 19.2 Å². The second kappa shape index (κ2) is 13.8. The van der Waals surface area contributed by atoms with Crippen molar-refractivity contribution in [3.63, 3.8) is 0 Å². The summed E-state index contributed by atoms with van der Waals surface area (Å²) < 4.78 is 17.8. The first-order valence-corrected chi connectivity index (χ1v) is 15.2. The maximum Gasteiger partial charge on any atom is 0.251 e. The van der Waals surface area contributed by atoms with E-state index in [4.69, 9.17) is 14.2 Å². The molecule has 0 spiro atoms. The van der Waals surface area contributed by atoms with Gasteiger partial charge in [0.15, 0.2) is 5.78 Å². The summed E-state index contributed by atoms with van der Waals surface area (Å²) in [5.74, 6) is 0.970. The number of Topliss-reactive ketones (excluding diaryl/α,β-unsaturated/α-hetero) is 1. The van der Waals surface area contributed by atoms with Crippen LogP contribution in [0.2, 0.25) is 0 Å². The summed E-state index contributed by atoms with van der Waals surface area (Å²) in [5, 5.41) is 7.77. The van der Waals surface area contributed by atoms with Gasteiger partial charge in [-0.2, -0.15) is 0 Å². The van der Waals surface area contributed by atoms with E-state index in [0.717, 1.165) is 11.1 Å². The SMILES string of the molecule is COc1cc2cc(c1)C(=O)NCCCC(=O)N[C@H]1CN(C(=O)Cc3csc(C(C)=O)c3)CC[C@@H]1OCc1cccc(c1)O2. The van der Waals surface area contributed by atoms with Crippen LogP contribution in [0.4, 0.5) is 0 Å². The first-order valence-electron chi connectivity index (χ1n) is 14.3. The van der Waals surface area contributed by atoms with Crippen molar-refractivity contribution >= 4 is 34.8 Å². The van der Waals surface area contributed by atoms with Crippen LogP contribution in [-0.4, -0.2) is 67.3 Å². The van der Waals surface area contributed by atoms with Gasteiger partial charge in [0.25, 0.3) is 5.91 Å². The lowest BCUT2D eigenvalue weighted by Gasteiger charge is -2.39. The highest BCUT2D eigenvalue weighted by Crippen LogP contribution is 2.29.